The molecule has 1 N–H and O–H groups in total. The summed E-state index contributed by atoms with van der Waals surface area (Å²) in [4.78, 5) is 12.0. The summed E-state index contributed by atoms with van der Waals surface area (Å²) in [5.41, 5.74) is 2.19. The highest BCUT2D eigenvalue weighted by Crippen LogP contribution is 2.20. The second-order valence-corrected chi connectivity index (χ2v) is 5.03. The summed E-state index contributed by atoms with van der Waals surface area (Å²) < 4.78 is 13.4. The van der Waals surface area contributed by atoms with Crippen molar-refractivity contribution in [2.24, 2.45) is 0 Å². The van der Waals surface area contributed by atoms with Gasteiger partial charge in [0.15, 0.2) is 0 Å². The molecular weight excluding hydrogens is 253 g/mol. The average Bonchev–Trinajstić information content (AvgIpc) is 2.44. The summed E-state index contributed by atoms with van der Waals surface area (Å²) >= 11 is 0. The predicted molar refractivity (Wildman–Crippen MR) is 79.2 cm³/mol. The van der Waals surface area contributed by atoms with Gasteiger partial charge < -0.3 is 5.32 Å². The molecule has 2 rings (SSSR count). The summed E-state index contributed by atoms with van der Waals surface area (Å²) in [5.74, 6) is -0.282. The Balaban J connectivity index is 1.97. The number of carbonyl (C=O) groups excluding carboxylic acids is 1. The lowest BCUT2D eigenvalue weighted by molar-refractivity contribution is -0.116. The maximum Gasteiger partial charge on any atom is 0.224 e. The van der Waals surface area contributed by atoms with Gasteiger partial charge in [-0.05, 0) is 36.1 Å². The van der Waals surface area contributed by atoms with Crippen LogP contribution in [0.25, 0.3) is 0 Å². The second-order valence-electron chi connectivity index (χ2n) is 5.03. The highest BCUT2D eigenvalue weighted by molar-refractivity contribution is 5.91. The van der Waals surface area contributed by atoms with E-state index in [1.807, 2.05) is 37.3 Å². The molecule has 1 atom stereocenters. The monoisotopic (exact) mass is 271 g/mol. The van der Waals surface area contributed by atoms with Crippen LogP contribution < -0.4 is 5.32 Å². The summed E-state index contributed by atoms with van der Waals surface area (Å²) in [7, 11) is 0. The zero-order valence-corrected chi connectivity index (χ0v) is 11.7. The van der Waals surface area contributed by atoms with Crippen LogP contribution >= 0.6 is 0 Å². The van der Waals surface area contributed by atoms with E-state index in [2.05, 4.69) is 5.32 Å². The molecule has 0 unspecified atom stereocenters. The predicted octanol–water partition coefficient (Wildman–Crippen LogP) is 4.27. The van der Waals surface area contributed by atoms with Gasteiger partial charge in [0, 0.05) is 12.1 Å². The molecule has 0 aromatic heterocycles. The molecule has 0 aliphatic carbocycles. The summed E-state index contributed by atoms with van der Waals surface area (Å²) in [5, 5.41) is 2.73. The van der Waals surface area contributed by atoms with Gasteiger partial charge in [-0.25, -0.2) is 4.39 Å². The van der Waals surface area contributed by atoms with Crippen LogP contribution in [0.4, 0.5) is 10.1 Å². The molecule has 0 bridgehead atoms. The van der Waals surface area contributed by atoms with Gasteiger partial charge >= 0.3 is 0 Å². The number of anilines is 1. The maximum absolute atomic E-state index is 13.4. The van der Waals surface area contributed by atoms with Crippen molar-refractivity contribution < 1.29 is 9.18 Å². The number of hydrogen-bond donors (Lipinski definition) is 1. The summed E-state index contributed by atoms with van der Waals surface area (Å²) in [6.07, 6.45) is 0.375. The van der Waals surface area contributed by atoms with Crippen molar-refractivity contribution in [2.75, 3.05) is 5.32 Å². The lowest BCUT2D eigenvalue weighted by Gasteiger charge is -2.12. The first-order chi connectivity index (χ1) is 9.56. The number of halogens is 1. The van der Waals surface area contributed by atoms with Crippen LogP contribution in [0.3, 0.4) is 0 Å². The third-order valence-electron chi connectivity index (χ3n) is 3.32. The third kappa shape index (κ3) is 3.67. The fraction of sp³-hybridized carbons (Fsp3) is 0.235. The van der Waals surface area contributed by atoms with Crippen molar-refractivity contribution >= 4 is 11.6 Å². The molecule has 0 radical (unpaired) electrons. The summed E-state index contributed by atoms with van der Waals surface area (Å²) in [6, 6.07) is 14.6. The number of nitrogens with one attached hydrogen (secondary N) is 1. The number of rotatable bonds is 4. The molecule has 0 aliphatic heterocycles. The summed E-state index contributed by atoms with van der Waals surface area (Å²) in [6.45, 7) is 3.70. The highest BCUT2D eigenvalue weighted by Gasteiger charge is 2.11. The molecule has 2 aromatic rings. The minimum atomic E-state index is -0.307. The smallest absolute Gasteiger partial charge is 0.224 e. The Morgan fingerprint density at radius 3 is 2.55 bits per heavy atom. The van der Waals surface area contributed by atoms with Crippen molar-refractivity contribution in [3.05, 3.63) is 65.5 Å². The fourth-order valence-corrected chi connectivity index (χ4v) is 2.06. The molecule has 3 heteroatoms. The van der Waals surface area contributed by atoms with Gasteiger partial charge in [-0.3, -0.25) is 4.79 Å². The van der Waals surface area contributed by atoms with E-state index >= 15 is 0 Å². The fourth-order valence-electron chi connectivity index (χ4n) is 2.06. The standard InChI is InChI=1S/C17H18FNO/c1-12-8-9-15(11-16(12)18)19-17(20)10-13(2)14-6-4-3-5-7-14/h3-9,11,13H,10H2,1-2H3,(H,19,20)/t13-/m0/s1. The second kappa shape index (κ2) is 6.33. The van der Waals surface area contributed by atoms with Crippen LogP contribution in [0, 0.1) is 12.7 Å². The lowest BCUT2D eigenvalue weighted by Crippen LogP contribution is -2.14. The minimum absolute atomic E-state index is 0.107. The number of carbonyl (C=O) groups is 1. The van der Waals surface area contributed by atoms with Gasteiger partial charge in [-0.15, -0.1) is 0 Å². The van der Waals surface area contributed by atoms with Crippen LogP contribution in [0.15, 0.2) is 48.5 Å². The topological polar surface area (TPSA) is 29.1 Å². The van der Waals surface area contributed by atoms with E-state index in [1.54, 1.807) is 19.1 Å². The van der Waals surface area contributed by atoms with Gasteiger partial charge in [-0.1, -0.05) is 43.3 Å². The Morgan fingerprint density at radius 2 is 1.90 bits per heavy atom. The van der Waals surface area contributed by atoms with E-state index in [1.165, 1.54) is 6.07 Å². The van der Waals surface area contributed by atoms with Crippen molar-refractivity contribution in [2.45, 2.75) is 26.2 Å². The first kappa shape index (κ1) is 14.3. The molecule has 2 aromatic carbocycles. The van der Waals surface area contributed by atoms with E-state index in [-0.39, 0.29) is 17.6 Å². The van der Waals surface area contributed by atoms with Gasteiger partial charge in [0.1, 0.15) is 5.82 Å². The average molecular weight is 271 g/mol. The SMILES string of the molecule is Cc1ccc(NC(=O)C[C@H](C)c2ccccc2)cc1F. The van der Waals surface area contributed by atoms with Gasteiger partial charge in [-0.2, -0.15) is 0 Å². The van der Waals surface area contributed by atoms with Crippen LogP contribution in [-0.4, -0.2) is 5.91 Å². The molecule has 0 aliphatic rings. The van der Waals surface area contributed by atoms with E-state index in [4.69, 9.17) is 0 Å². The van der Waals surface area contributed by atoms with E-state index in [0.29, 0.717) is 17.7 Å². The Morgan fingerprint density at radius 1 is 1.20 bits per heavy atom. The lowest BCUT2D eigenvalue weighted by atomic mass is 9.97. The van der Waals surface area contributed by atoms with Crippen LogP contribution in [0.5, 0.6) is 0 Å². The van der Waals surface area contributed by atoms with E-state index in [9.17, 15) is 9.18 Å². The van der Waals surface area contributed by atoms with Gasteiger partial charge in [0.05, 0.1) is 0 Å². The third-order valence-corrected chi connectivity index (χ3v) is 3.32. The van der Waals surface area contributed by atoms with Crippen LogP contribution in [0.1, 0.15) is 30.4 Å². The first-order valence-corrected chi connectivity index (χ1v) is 6.67. The van der Waals surface area contributed by atoms with E-state index < -0.39 is 0 Å². The Labute approximate surface area is 118 Å². The highest BCUT2D eigenvalue weighted by atomic mass is 19.1. The molecule has 0 fully saturated rings. The normalized spacial score (nSPS) is 11.9. The minimum Gasteiger partial charge on any atom is -0.326 e. The molecule has 0 spiro atoms. The Kier molecular flexibility index (Phi) is 4.51. The molecular formula is C17H18FNO. The molecule has 1 amide bonds. The molecule has 2 nitrogen and oxygen atoms in total. The molecule has 20 heavy (non-hydrogen) atoms. The van der Waals surface area contributed by atoms with Crippen molar-refractivity contribution in [1.82, 2.24) is 0 Å². The number of hydrogen-bond acceptors (Lipinski definition) is 1. The van der Waals surface area contributed by atoms with Crippen molar-refractivity contribution in [3.63, 3.8) is 0 Å². The Hall–Kier alpha value is -2.16. The number of benzene rings is 2. The largest absolute Gasteiger partial charge is 0.326 e. The van der Waals surface area contributed by atoms with Gasteiger partial charge in [0.2, 0.25) is 5.91 Å². The number of aryl methyl sites for hydroxylation is 1. The first-order valence-electron chi connectivity index (χ1n) is 6.67. The van der Waals surface area contributed by atoms with Crippen LogP contribution in [-0.2, 0) is 4.79 Å². The zero-order chi connectivity index (χ0) is 14.5. The Bertz CT molecular complexity index is 595. The quantitative estimate of drug-likeness (QED) is 0.884. The molecule has 104 valence electrons. The zero-order valence-electron chi connectivity index (χ0n) is 11.7. The van der Waals surface area contributed by atoms with E-state index in [0.717, 1.165) is 5.56 Å². The van der Waals surface area contributed by atoms with Crippen molar-refractivity contribution in [1.29, 1.82) is 0 Å². The maximum atomic E-state index is 13.4. The number of amides is 1. The van der Waals surface area contributed by atoms with Gasteiger partial charge in [0.25, 0.3) is 0 Å². The van der Waals surface area contributed by atoms with Crippen molar-refractivity contribution in [3.8, 4) is 0 Å². The molecule has 0 saturated heterocycles. The molecule has 0 heterocycles. The van der Waals surface area contributed by atoms with Crippen LogP contribution in [0.2, 0.25) is 0 Å². The molecule has 0 saturated carbocycles.